The van der Waals surface area contributed by atoms with E-state index in [4.69, 9.17) is 4.84 Å². The molecule has 3 aromatic carbocycles. The number of carbonyl (C=O) groups excluding carboxylic acids is 1. The van der Waals surface area contributed by atoms with Gasteiger partial charge in [-0.1, -0.05) is 59.8 Å². The molecule has 0 radical (unpaired) electrons. The van der Waals surface area contributed by atoms with Crippen LogP contribution in [0.2, 0.25) is 0 Å². The van der Waals surface area contributed by atoms with Crippen LogP contribution in [-0.2, 0) is 9.63 Å². The lowest BCUT2D eigenvalue weighted by molar-refractivity contribution is -0.136. The van der Waals surface area contributed by atoms with Crippen LogP contribution in [-0.4, -0.2) is 25.8 Å². The Balaban J connectivity index is 1.78. The minimum Gasteiger partial charge on any atom is -0.378 e. The number of oxime groups is 1. The first-order valence-electron chi connectivity index (χ1n) is 8.40. The summed E-state index contributed by atoms with van der Waals surface area (Å²) in [6, 6.07) is 22.0. The molecule has 1 aliphatic rings. The van der Waals surface area contributed by atoms with Gasteiger partial charge in [0.1, 0.15) is 5.71 Å². The Hall–Kier alpha value is -3.40. The average molecular weight is 342 g/mol. The molecule has 4 heteroatoms. The molecule has 0 atom stereocenters. The number of nitrogens with zero attached hydrogens (tertiary/aromatic N) is 2. The Kier molecular flexibility index (Phi) is 4.01. The van der Waals surface area contributed by atoms with Crippen molar-refractivity contribution < 1.29 is 9.63 Å². The lowest BCUT2D eigenvalue weighted by Gasteiger charge is -2.12. The Bertz CT molecular complexity index is 1040. The van der Waals surface area contributed by atoms with Crippen LogP contribution in [0, 0.1) is 0 Å². The lowest BCUT2D eigenvalue weighted by atomic mass is 9.95. The molecule has 0 amide bonds. The first-order valence-corrected chi connectivity index (χ1v) is 8.40. The fourth-order valence-corrected chi connectivity index (χ4v) is 3.07. The van der Waals surface area contributed by atoms with Gasteiger partial charge in [0.15, 0.2) is 0 Å². The Morgan fingerprint density at radius 1 is 0.923 bits per heavy atom. The van der Waals surface area contributed by atoms with Gasteiger partial charge in [-0.05, 0) is 34.5 Å². The molecular formula is C22H18N2O2. The smallest absolute Gasteiger partial charge is 0.368 e. The van der Waals surface area contributed by atoms with Gasteiger partial charge in [0, 0.05) is 25.3 Å². The van der Waals surface area contributed by atoms with Gasteiger partial charge in [-0.25, -0.2) is 4.79 Å². The van der Waals surface area contributed by atoms with Gasteiger partial charge < -0.3 is 9.74 Å². The Morgan fingerprint density at radius 2 is 1.65 bits per heavy atom. The summed E-state index contributed by atoms with van der Waals surface area (Å²) in [5, 5.41) is 6.19. The minimum absolute atomic E-state index is 0.426. The number of carbonyl (C=O) groups is 1. The highest BCUT2D eigenvalue weighted by Gasteiger charge is 2.27. The molecule has 4 nitrogen and oxygen atoms in total. The zero-order valence-electron chi connectivity index (χ0n) is 14.6. The Morgan fingerprint density at radius 3 is 2.42 bits per heavy atom. The first-order chi connectivity index (χ1) is 12.6. The minimum atomic E-state index is -0.426. The second-order valence-electron chi connectivity index (χ2n) is 6.39. The fourth-order valence-electron chi connectivity index (χ4n) is 3.07. The largest absolute Gasteiger partial charge is 0.378 e. The van der Waals surface area contributed by atoms with E-state index in [1.165, 1.54) is 0 Å². The van der Waals surface area contributed by atoms with Crippen LogP contribution in [0.1, 0.15) is 11.1 Å². The second-order valence-corrected chi connectivity index (χ2v) is 6.39. The van der Waals surface area contributed by atoms with E-state index >= 15 is 0 Å². The SMILES string of the molecule is CN(C)c1ccc(C=C2C(=O)ON=C2c2cccc3ccccc23)cc1. The number of hydrogen-bond acceptors (Lipinski definition) is 4. The number of fused-ring (bicyclic) bond motifs is 1. The molecule has 26 heavy (non-hydrogen) atoms. The summed E-state index contributed by atoms with van der Waals surface area (Å²) in [5.41, 5.74) is 3.97. The molecule has 4 rings (SSSR count). The molecule has 0 spiro atoms. The number of hydrogen-bond donors (Lipinski definition) is 0. The fraction of sp³-hybridized carbons (Fsp3) is 0.0909. The summed E-state index contributed by atoms with van der Waals surface area (Å²) in [7, 11) is 3.99. The quantitative estimate of drug-likeness (QED) is 0.528. The van der Waals surface area contributed by atoms with E-state index in [0.29, 0.717) is 11.3 Å². The van der Waals surface area contributed by atoms with E-state index in [2.05, 4.69) is 5.16 Å². The maximum absolute atomic E-state index is 12.3. The van der Waals surface area contributed by atoms with E-state index in [1.807, 2.05) is 91.8 Å². The van der Waals surface area contributed by atoms with Gasteiger partial charge in [-0.15, -0.1) is 0 Å². The lowest BCUT2D eigenvalue weighted by Crippen LogP contribution is -2.08. The van der Waals surface area contributed by atoms with Crippen molar-refractivity contribution in [3.8, 4) is 0 Å². The van der Waals surface area contributed by atoms with Crippen molar-refractivity contribution in [2.24, 2.45) is 5.16 Å². The predicted molar refractivity (Wildman–Crippen MR) is 105 cm³/mol. The first kappa shape index (κ1) is 16.1. The standard InChI is InChI=1S/C22H18N2O2/c1-24(2)17-12-10-15(11-13-17)14-20-21(23-26-22(20)25)19-9-5-7-16-6-3-4-8-18(16)19/h3-14H,1-2H3. The third-order valence-corrected chi connectivity index (χ3v) is 4.46. The summed E-state index contributed by atoms with van der Waals surface area (Å²) in [6.07, 6.45) is 1.83. The van der Waals surface area contributed by atoms with Crippen molar-refractivity contribution in [2.75, 3.05) is 19.0 Å². The summed E-state index contributed by atoms with van der Waals surface area (Å²) in [6.45, 7) is 0. The molecule has 0 N–H and O–H groups in total. The van der Waals surface area contributed by atoms with Crippen LogP contribution in [0.15, 0.2) is 77.5 Å². The second kappa shape index (κ2) is 6.48. The summed E-state index contributed by atoms with van der Waals surface area (Å²) in [4.78, 5) is 19.3. The van der Waals surface area contributed by atoms with Crippen LogP contribution in [0.5, 0.6) is 0 Å². The van der Waals surface area contributed by atoms with Crippen molar-refractivity contribution in [2.45, 2.75) is 0 Å². The van der Waals surface area contributed by atoms with Crippen LogP contribution in [0.3, 0.4) is 0 Å². The van der Waals surface area contributed by atoms with E-state index in [0.717, 1.165) is 27.6 Å². The van der Waals surface area contributed by atoms with Gasteiger partial charge in [0.25, 0.3) is 0 Å². The number of anilines is 1. The third kappa shape index (κ3) is 2.86. The van der Waals surface area contributed by atoms with Crippen molar-refractivity contribution in [3.05, 3.63) is 83.4 Å². The Labute approximate surface area is 152 Å². The van der Waals surface area contributed by atoms with Crippen LogP contribution in [0.25, 0.3) is 16.8 Å². The van der Waals surface area contributed by atoms with Gasteiger partial charge >= 0.3 is 5.97 Å². The van der Waals surface area contributed by atoms with E-state index in [-0.39, 0.29) is 0 Å². The van der Waals surface area contributed by atoms with Crippen LogP contribution < -0.4 is 4.90 Å². The van der Waals surface area contributed by atoms with Crippen molar-refractivity contribution in [1.29, 1.82) is 0 Å². The molecule has 0 fully saturated rings. The zero-order chi connectivity index (χ0) is 18.1. The summed E-state index contributed by atoms with van der Waals surface area (Å²) in [5.74, 6) is -0.426. The zero-order valence-corrected chi connectivity index (χ0v) is 14.6. The predicted octanol–water partition coefficient (Wildman–Crippen LogP) is 4.25. The molecule has 0 saturated heterocycles. The third-order valence-electron chi connectivity index (χ3n) is 4.46. The maximum Gasteiger partial charge on any atom is 0.368 e. The highest BCUT2D eigenvalue weighted by atomic mass is 16.7. The van der Waals surface area contributed by atoms with E-state index in [1.54, 1.807) is 0 Å². The number of rotatable bonds is 3. The molecule has 0 unspecified atom stereocenters. The van der Waals surface area contributed by atoms with Gasteiger partial charge in [-0.3, -0.25) is 0 Å². The summed E-state index contributed by atoms with van der Waals surface area (Å²) >= 11 is 0. The normalized spacial score (nSPS) is 15.2. The molecule has 1 aliphatic heterocycles. The van der Waals surface area contributed by atoms with E-state index in [9.17, 15) is 4.79 Å². The molecule has 1 heterocycles. The molecular weight excluding hydrogens is 324 g/mol. The molecule has 0 aromatic heterocycles. The van der Waals surface area contributed by atoms with Crippen LogP contribution >= 0.6 is 0 Å². The topological polar surface area (TPSA) is 41.9 Å². The number of benzene rings is 3. The molecule has 3 aromatic rings. The van der Waals surface area contributed by atoms with Crippen molar-refractivity contribution >= 4 is 34.2 Å². The van der Waals surface area contributed by atoms with Gasteiger partial charge in [0.2, 0.25) is 0 Å². The van der Waals surface area contributed by atoms with Crippen molar-refractivity contribution in [3.63, 3.8) is 0 Å². The van der Waals surface area contributed by atoms with Crippen LogP contribution in [0.4, 0.5) is 5.69 Å². The highest BCUT2D eigenvalue weighted by Crippen LogP contribution is 2.26. The molecule has 128 valence electrons. The summed E-state index contributed by atoms with van der Waals surface area (Å²) < 4.78 is 0. The monoisotopic (exact) mass is 342 g/mol. The molecule has 0 saturated carbocycles. The maximum atomic E-state index is 12.3. The molecule has 0 bridgehead atoms. The van der Waals surface area contributed by atoms with E-state index < -0.39 is 5.97 Å². The highest BCUT2D eigenvalue weighted by molar-refractivity contribution is 6.33. The average Bonchev–Trinajstić information content (AvgIpc) is 3.02. The van der Waals surface area contributed by atoms with Crippen molar-refractivity contribution in [1.82, 2.24) is 0 Å². The molecule has 0 aliphatic carbocycles. The van der Waals surface area contributed by atoms with Gasteiger partial charge in [0.05, 0.1) is 5.57 Å². The van der Waals surface area contributed by atoms with Gasteiger partial charge in [-0.2, -0.15) is 0 Å².